The van der Waals surface area contributed by atoms with Crippen molar-refractivity contribution in [2.24, 2.45) is 0 Å². The third-order valence-electron chi connectivity index (χ3n) is 4.58. The number of nitrogens with one attached hydrogen (secondary N) is 1. The van der Waals surface area contributed by atoms with Crippen LogP contribution in [0.5, 0.6) is 0 Å². The van der Waals surface area contributed by atoms with Crippen molar-refractivity contribution in [2.75, 3.05) is 5.32 Å². The maximum Gasteiger partial charge on any atom is 0.261 e. The Morgan fingerprint density at radius 3 is 2.80 bits per heavy atom. The lowest BCUT2D eigenvalue weighted by molar-refractivity contribution is 0.102. The number of hydrogen-bond acceptors (Lipinski definition) is 3. The molecule has 1 heterocycles. The van der Waals surface area contributed by atoms with Crippen LogP contribution in [-0.4, -0.2) is 11.1 Å². The van der Waals surface area contributed by atoms with Gasteiger partial charge in [-0.3, -0.25) is 4.79 Å². The normalized spacial score (nSPS) is 13.3. The second-order valence-electron chi connectivity index (χ2n) is 6.15. The second kappa shape index (κ2) is 6.84. The summed E-state index contributed by atoms with van der Waals surface area (Å²) in [4.78, 5) is 12.8. The first-order valence-corrected chi connectivity index (χ1v) is 9.15. The smallest absolute Gasteiger partial charge is 0.261 e. The average Bonchev–Trinajstić information content (AvgIpc) is 3.13. The summed E-state index contributed by atoms with van der Waals surface area (Å²) in [7, 11) is 0. The Morgan fingerprint density at radius 2 is 1.92 bits per heavy atom. The van der Waals surface area contributed by atoms with E-state index in [1.807, 2.05) is 36.4 Å². The highest BCUT2D eigenvalue weighted by Gasteiger charge is 2.23. The third kappa shape index (κ3) is 3.12. The summed E-state index contributed by atoms with van der Waals surface area (Å²) in [6.07, 6.45) is 5.95. The molecule has 0 saturated heterocycles. The van der Waals surface area contributed by atoms with E-state index in [4.69, 9.17) is 4.52 Å². The van der Waals surface area contributed by atoms with Crippen LogP contribution >= 0.6 is 15.9 Å². The number of carbonyl (C=O) groups is 1. The number of rotatable bonds is 3. The fourth-order valence-electron chi connectivity index (χ4n) is 3.34. The molecule has 3 aromatic rings. The van der Waals surface area contributed by atoms with Gasteiger partial charge in [0.2, 0.25) is 0 Å². The van der Waals surface area contributed by atoms with Gasteiger partial charge in [0.05, 0.1) is 11.9 Å². The molecule has 1 aliphatic rings. The lowest BCUT2D eigenvalue weighted by Crippen LogP contribution is -2.13. The molecule has 0 saturated carbocycles. The van der Waals surface area contributed by atoms with E-state index >= 15 is 0 Å². The molecule has 1 amide bonds. The Hall–Kier alpha value is -2.40. The van der Waals surface area contributed by atoms with Gasteiger partial charge in [-0.15, -0.1) is 0 Å². The molecule has 5 heteroatoms. The summed E-state index contributed by atoms with van der Waals surface area (Å²) in [6, 6.07) is 13.7. The van der Waals surface area contributed by atoms with Gasteiger partial charge in [-0.25, -0.2) is 0 Å². The Labute approximate surface area is 154 Å². The number of nitrogens with zero attached hydrogens (tertiary/aromatic N) is 1. The molecule has 2 aromatic carbocycles. The van der Waals surface area contributed by atoms with Crippen molar-refractivity contribution in [3.63, 3.8) is 0 Å². The van der Waals surface area contributed by atoms with Gasteiger partial charge in [0.25, 0.3) is 5.91 Å². The van der Waals surface area contributed by atoms with E-state index < -0.39 is 0 Å². The maximum absolute atomic E-state index is 12.8. The van der Waals surface area contributed by atoms with Crippen LogP contribution in [0.15, 0.2) is 57.7 Å². The molecule has 0 radical (unpaired) electrons. The zero-order chi connectivity index (χ0) is 17.2. The molecule has 25 heavy (non-hydrogen) atoms. The molecule has 1 aliphatic carbocycles. The second-order valence-corrected chi connectivity index (χ2v) is 7.01. The first kappa shape index (κ1) is 16.1. The standard InChI is InChI=1S/C20H17BrN2O2/c21-17-10-3-4-11-18(17)23-20(24)16-12-22-25-19(16)15-9-5-7-13-6-1-2-8-14(13)15/h3-5,7,9-12H,1-2,6,8H2,(H,23,24). The minimum Gasteiger partial charge on any atom is -0.355 e. The topological polar surface area (TPSA) is 55.1 Å². The van der Waals surface area contributed by atoms with Crippen molar-refractivity contribution in [2.45, 2.75) is 25.7 Å². The van der Waals surface area contributed by atoms with Crippen LogP contribution in [-0.2, 0) is 12.8 Å². The average molecular weight is 397 g/mol. The highest BCUT2D eigenvalue weighted by molar-refractivity contribution is 9.10. The molecular weight excluding hydrogens is 380 g/mol. The van der Waals surface area contributed by atoms with Crippen molar-refractivity contribution >= 4 is 27.5 Å². The number of amides is 1. The van der Waals surface area contributed by atoms with Gasteiger partial charge < -0.3 is 9.84 Å². The summed E-state index contributed by atoms with van der Waals surface area (Å²) in [6.45, 7) is 0. The minimum absolute atomic E-state index is 0.225. The van der Waals surface area contributed by atoms with Crippen LogP contribution in [0.2, 0.25) is 0 Å². The number of benzene rings is 2. The van der Waals surface area contributed by atoms with E-state index in [1.165, 1.54) is 23.7 Å². The van der Waals surface area contributed by atoms with Gasteiger partial charge >= 0.3 is 0 Å². The number of fused-ring (bicyclic) bond motifs is 1. The summed E-state index contributed by atoms with van der Waals surface area (Å²) in [5, 5.41) is 6.80. The number of hydrogen-bond donors (Lipinski definition) is 1. The molecule has 1 N–H and O–H groups in total. The summed E-state index contributed by atoms with van der Waals surface area (Å²) in [5.41, 5.74) is 4.77. The fourth-order valence-corrected chi connectivity index (χ4v) is 3.73. The summed E-state index contributed by atoms with van der Waals surface area (Å²) in [5.74, 6) is 0.319. The molecule has 0 atom stereocenters. The Balaban J connectivity index is 1.70. The number of aromatic nitrogens is 1. The zero-order valence-corrected chi connectivity index (χ0v) is 15.2. The molecule has 0 unspecified atom stereocenters. The summed E-state index contributed by atoms with van der Waals surface area (Å²) >= 11 is 3.45. The van der Waals surface area contributed by atoms with Gasteiger partial charge in [-0.2, -0.15) is 0 Å². The lowest BCUT2D eigenvalue weighted by atomic mass is 9.87. The Kier molecular flexibility index (Phi) is 4.40. The predicted molar refractivity (Wildman–Crippen MR) is 101 cm³/mol. The predicted octanol–water partition coefficient (Wildman–Crippen LogP) is 5.24. The lowest BCUT2D eigenvalue weighted by Gasteiger charge is -2.18. The van der Waals surface area contributed by atoms with E-state index in [1.54, 1.807) is 0 Å². The largest absolute Gasteiger partial charge is 0.355 e. The molecular formula is C20H17BrN2O2. The number of halogens is 1. The SMILES string of the molecule is O=C(Nc1ccccc1Br)c1cnoc1-c1cccc2c1CCCC2. The quantitative estimate of drug-likeness (QED) is 0.658. The number of aryl methyl sites for hydroxylation is 1. The van der Waals surface area contributed by atoms with E-state index in [9.17, 15) is 4.79 Å². The van der Waals surface area contributed by atoms with Crippen LogP contribution < -0.4 is 5.32 Å². The van der Waals surface area contributed by atoms with Crippen LogP contribution in [0.25, 0.3) is 11.3 Å². The van der Waals surface area contributed by atoms with Crippen LogP contribution in [0, 0.1) is 0 Å². The first-order valence-electron chi connectivity index (χ1n) is 8.36. The van der Waals surface area contributed by atoms with E-state index in [0.29, 0.717) is 11.3 Å². The fraction of sp³-hybridized carbons (Fsp3) is 0.200. The van der Waals surface area contributed by atoms with Crippen molar-refractivity contribution in [3.05, 3.63) is 69.8 Å². The van der Waals surface area contributed by atoms with Crippen LogP contribution in [0.3, 0.4) is 0 Å². The molecule has 1 aromatic heterocycles. The maximum atomic E-state index is 12.8. The molecule has 0 bridgehead atoms. The van der Waals surface area contributed by atoms with Crippen molar-refractivity contribution < 1.29 is 9.32 Å². The number of anilines is 1. The van der Waals surface area contributed by atoms with Gasteiger partial charge in [-0.1, -0.05) is 35.5 Å². The summed E-state index contributed by atoms with van der Waals surface area (Å²) < 4.78 is 6.32. The molecule has 0 spiro atoms. The van der Waals surface area contributed by atoms with Crippen molar-refractivity contribution in [1.29, 1.82) is 0 Å². The van der Waals surface area contributed by atoms with Crippen molar-refractivity contribution in [3.8, 4) is 11.3 Å². The van der Waals surface area contributed by atoms with E-state index in [-0.39, 0.29) is 5.91 Å². The Bertz CT molecular complexity index is 933. The number of carbonyl (C=O) groups excluding carboxylic acids is 1. The zero-order valence-electron chi connectivity index (χ0n) is 13.6. The molecule has 4 nitrogen and oxygen atoms in total. The highest BCUT2D eigenvalue weighted by atomic mass is 79.9. The molecule has 0 fully saturated rings. The monoisotopic (exact) mass is 396 g/mol. The first-order chi connectivity index (χ1) is 12.2. The molecule has 0 aliphatic heterocycles. The van der Waals surface area contributed by atoms with Gasteiger partial charge in [-0.05, 0) is 64.9 Å². The van der Waals surface area contributed by atoms with Crippen molar-refractivity contribution in [1.82, 2.24) is 5.16 Å². The number of para-hydroxylation sites is 1. The molecule has 126 valence electrons. The van der Waals surface area contributed by atoms with Crippen LogP contribution in [0.4, 0.5) is 5.69 Å². The van der Waals surface area contributed by atoms with E-state index in [0.717, 1.165) is 35.0 Å². The third-order valence-corrected chi connectivity index (χ3v) is 5.27. The van der Waals surface area contributed by atoms with Gasteiger partial charge in [0, 0.05) is 10.0 Å². The highest BCUT2D eigenvalue weighted by Crippen LogP contribution is 2.34. The van der Waals surface area contributed by atoms with Gasteiger partial charge in [0.1, 0.15) is 5.56 Å². The van der Waals surface area contributed by atoms with Gasteiger partial charge in [0.15, 0.2) is 5.76 Å². The molecule has 4 rings (SSSR count). The van der Waals surface area contributed by atoms with Crippen LogP contribution in [0.1, 0.15) is 34.3 Å². The Morgan fingerprint density at radius 1 is 1.08 bits per heavy atom. The minimum atomic E-state index is -0.225. The van der Waals surface area contributed by atoms with E-state index in [2.05, 4.69) is 32.5 Å².